The molecule has 3 N–H and O–H groups in total. The molecule has 1 unspecified atom stereocenters. The number of amides is 2. The molecule has 210 valence electrons. The van der Waals surface area contributed by atoms with Crippen molar-refractivity contribution in [2.24, 2.45) is 0 Å². The molecule has 1 atom stereocenters. The van der Waals surface area contributed by atoms with Crippen molar-refractivity contribution in [1.82, 2.24) is 4.90 Å². The molecule has 3 aromatic rings. The first-order valence-electron chi connectivity index (χ1n) is 12.2. The number of anilines is 2. The van der Waals surface area contributed by atoms with Crippen LogP contribution in [0.2, 0.25) is 10.0 Å². The molecule has 0 bridgehead atoms. The van der Waals surface area contributed by atoms with Crippen molar-refractivity contribution in [3.63, 3.8) is 0 Å². The maximum Gasteiger partial charge on any atom is 0.335 e. The monoisotopic (exact) mass is 589 g/mol. The van der Waals surface area contributed by atoms with Gasteiger partial charge in [0.25, 0.3) is 0 Å². The van der Waals surface area contributed by atoms with Crippen molar-refractivity contribution in [2.75, 3.05) is 31.0 Å². The summed E-state index contributed by atoms with van der Waals surface area (Å²) >= 11 is 12.2. The van der Waals surface area contributed by atoms with Gasteiger partial charge in [-0.05, 0) is 60.5 Å². The zero-order valence-corrected chi connectivity index (χ0v) is 22.9. The number of ether oxygens (including phenoxy) is 2. The summed E-state index contributed by atoms with van der Waals surface area (Å²) in [6, 6.07) is 14.6. The number of urea groups is 1. The fourth-order valence-electron chi connectivity index (χ4n) is 4.32. The van der Waals surface area contributed by atoms with E-state index < -0.39 is 23.6 Å². The summed E-state index contributed by atoms with van der Waals surface area (Å²) in [7, 11) is 1.41. The highest BCUT2D eigenvalue weighted by molar-refractivity contribution is 6.39. The van der Waals surface area contributed by atoms with Crippen molar-refractivity contribution >= 4 is 52.4 Å². The third-order valence-corrected chi connectivity index (χ3v) is 7.06. The molecule has 3 aromatic carbocycles. The van der Waals surface area contributed by atoms with E-state index in [2.05, 4.69) is 10.6 Å². The Hall–Kier alpha value is -3.86. The van der Waals surface area contributed by atoms with Crippen molar-refractivity contribution in [3.8, 4) is 11.5 Å². The number of halogens is 3. The van der Waals surface area contributed by atoms with Crippen molar-refractivity contribution < 1.29 is 33.4 Å². The zero-order chi connectivity index (χ0) is 28.9. The zero-order valence-electron chi connectivity index (χ0n) is 21.4. The lowest BCUT2D eigenvalue weighted by molar-refractivity contribution is -0.144. The van der Waals surface area contributed by atoms with E-state index in [9.17, 15) is 14.4 Å². The number of benzene rings is 3. The van der Waals surface area contributed by atoms with Gasteiger partial charge >= 0.3 is 12.0 Å². The smallest absolute Gasteiger partial charge is 0.335 e. The van der Waals surface area contributed by atoms with Gasteiger partial charge in [0.05, 0.1) is 34.1 Å². The first kappa shape index (κ1) is 29.1. The van der Waals surface area contributed by atoms with Crippen LogP contribution in [0.5, 0.6) is 11.5 Å². The number of nitrogens with one attached hydrogen (secondary N) is 2. The van der Waals surface area contributed by atoms with E-state index >= 15 is 4.39 Å². The second-order valence-corrected chi connectivity index (χ2v) is 9.85. The second kappa shape index (κ2) is 12.5. The molecule has 0 spiro atoms. The molecular formula is C28H26Cl2FN3O6. The van der Waals surface area contributed by atoms with E-state index in [0.29, 0.717) is 30.0 Å². The highest BCUT2D eigenvalue weighted by Gasteiger charge is 2.47. The molecule has 0 saturated carbocycles. The highest BCUT2D eigenvalue weighted by atomic mass is 35.5. The summed E-state index contributed by atoms with van der Waals surface area (Å²) in [6.07, 6.45) is 0.285. The van der Waals surface area contributed by atoms with Gasteiger partial charge in [0, 0.05) is 19.4 Å². The van der Waals surface area contributed by atoms with Gasteiger partial charge in [-0.15, -0.1) is 0 Å². The number of carbonyl (C=O) groups excluding carboxylic acids is 2. The number of alkyl halides is 1. The number of nitrogens with zero attached hydrogens (tertiary/aromatic N) is 1. The number of hydrogen-bond acceptors (Lipinski definition) is 6. The van der Waals surface area contributed by atoms with E-state index in [1.165, 1.54) is 36.3 Å². The molecule has 40 heavy (non-hydrogen) atoms. The van der Waals surface area contributed by atoms with E-state index in [4.69, 9.17) is 37.8 Å². The summed E-state index contributed by atoms with van der Waals surface area (Å²) in [6.45, 7) is 0.150. The number of ketones is 1. The van der Waals surface area contributed by atoms with Gasteiger partial charge in [0.2, 0.25) is 5.79 Å². The third-order valence-electron chi connectivity index (χ3n) is 6.43. The molecule has 1 heterocycles. The SMILES string of the molecule is COc1cc(CC(=O)C2(F)CCCN2COc2ccc(C(=O)O)cc2)ccc1NC(=O)Nc1c(Cl)cccc1Cl. The lowest BCUT2D eigenvalue weighted by Crippen LogP contribution is -2.49. The van der Waals surface area contributed by atoms with Crippen LogP contribution in [0.1, 0.15) is 28.8 Å². The van der Waals surface area contributed by atoms with Crippen LogP contribution in [0.3, 0.4) is 0 Å². The Morgan fingerprint density at radius 2 is 1.75 bits per heavy atom. The molecule has 12 heteroatoms. The summed E-state index contributed by atoms with van der Waals surface area (Å²) < 4.78 is 26.9. The van der Waals surface area contributed by atoms with E-state index in [0.717, 1.165) is 0 Å². The number of rotatable bonds is 10. The molecule has 1 saturated heterocycles. The van der Waals surface area contributed by atoms with Gasteiger partial charge in [0.1, 0.15) is 18.2 Å². The number of carboxylic acid groups (broad SMARTS) is 1. The fourth-order valence-corrected chi connectivity index (χ4v) is 4.81. The van der Waals surface area contributed by atoms with Crippen molar-refractivity contribution in [1.29, 1.82) is 0 Å². The van der Waals surface area contributed by atoms with Crippen LogP contribution >= 0.6 is 23.2 Å². The van der Waals surface area contributed by atoms with Crippen LogP contribution < -0.4 is 20.1 Å². The van der Waals surface area contributed by atoms with Gasteiger partial charge in [-0.2, -0.15) is 0 Å². The molecular weight excluding hydrogens is 564 g/mol. The maximum absolute atomic E-state index is 15.9. The minimum atomic E-state index is -2.22. The average molecular weight is 590 g/mol. The number of para-hydroxylation sites is 1. The standard InChI is InChI=1S/C28H26Cl2FN3O6/c1-39-23-14-17(6-11-22(23)32-27(38)33-25-20(29)4-2-5-21(25)30)15-24(35)28(31)12-3-13-34(28)16-40-19-9-7-18(8-10-19)26(36)37/h2,4-11,14H,3,12-13,15-16H2,1H3,(H,36,37)(H2,32,33,38). The summed E-state index contributed by atoms with van der Waals surface area (Å²) in [4.78, 5) is 38.0. The summed E-state index contributed by atoms with van der Waals surface area (Å²) in [5, 5.41) is 14.8. The second-order valence-electron chi connectivity index (χ2n) is 9.04. The molecule has 2 amide bonds. The van der Waals surface area contributed by atoms with Gasteiger partial charge in [-0.25, -0.2) is 18.9 Å². The lowest BCUT2D eigenvalue weighted by Gasteiger charge is -2.29. The fraction of sp³-hybridized carbons (Fsp3) is 0.250. The third kappa shape index (κ3) is 6.64. The first-order valence-corrected chi connectivity index (χ1v) is 13.0. The van der Waals surface area contributed by atoms with Crippen LogP contribution in [0.4, 0.5) is 20.6 Å². The van der Waals surface area contributed by atoms with Crippen molar-refractivity contribution in [2.45, 2.75) is 25.1 Å². The van der Waals surface area contributed by atoms with Crippen LogP contribution in [0, 0.1) is 0 Å². The first-order chi connectivity index (χ1) is 19.1. The molecule has 1 aliphatic heterocycles. The van der Waals surface area contributed by atoms with Gasteiger partial charge in [0.15, 0.2) is 5.78 Å². The Bertz CT molecular complexity index is 1400. The van der Waals surface area contributed by atoms with Gasteiger partial charge in [-0.1, -0.05) is 35.3 Å². The quantitative estimate of drug-likeness (QED) is 0.239. The Morgan fingerprint density at radius 3 is 2.40 bits per heavy atom. The molecule has 0 aromatic heterocycles. The predicted molar refractivity (Wildman–Crippen MR) is 149 cm³/mol. The maximum atomic E-state index is 15.9. The predicted octanol–water partition coefficient (Wildman–Crippen LogP) is 6.25. The largest absolute Gasteiger partial charge is 0.495 e. The van der Waals surface area contributed by atoms with E-state index in [1.807, 2.05) is 0 Å². The lowest BCUT2D eigenvalue weighted by atomic mass is 9.99. The minimum Gasteiger partial charge on any atom is -0.495 e. The average Bonchev–Trinajstić information content (AvgIpc) is 3.32. The molecule has 4 rings (SSSR count). The topological polar surface area (TPSA) is 117 Å². The summed E-state index contributed by atoms with van der Waals surface area (Å²) in [5.74, 6) is -3.29. The van der Waals surface area contributed by atoms with Crippen LogP contribution in [-0.4, -0.2) is 54.0 Å². The minimum absolute atomic E-state index is 0.0225. The Kier molecular flexibility index (Phi) is 9.14. The Balaban J connectivity index is 1.39. The van der Waals surface area contributed by atoms with Crippen molar-refractivity contribution in [3.05, 3.63) is 81.8 Å². The number of likely N-dealkylation sites (tertiary alicyclic amines) is 1. The number of carbonyl (C=O) groups is 3. The number of carboxylic acids is 1. The van der Waals surface area contributed by atoms with E-state index in [-0.39, 0.29) is 46.6 Å². The molecule has 9 nitrogen and oxygen atoms in total. The van der Waals surface area contributed by atoms with Gasteiger partial charge in [-0.3, -0.25) is 4.79 Å². The van der Waals surface area contributed by atoms with E-state index in [1.54, 1.807) is 36.4 Å². The number of hydrogen-bond donors (Lipinski definition) is 3. The van der Waals surface area contributed by atoms with Crippen LogP contribution in [0.15, 0.2) is 60.7 Å². The number of methoxy groups -OCH3 is 1. The normalized spacial score (nSPS) is 16.8. The highest BCUT2D eigenvalue weighted by Crippen LogP contribution is 2.35. The van der Waals surface area contributed by atoms with Crippen LogP contribution in [-0.2, 0) is 11.2 Å². The van der Waals surface area contributed by atoms with Crippen LogP contribution in [0.25, 0.3) is 0 Å². The molecule has 1 aliphatic rings. The Labute approximate surface area is 239 Å². The molecule has 1 fully saturated rings. The number of aromatic carboxylic acids is 1. The number of Topliss-reactive ketones (excluding diaryl/α,β-unsaturated/α-hetero) is 1. The molecule has 0 radical (unpaired) electrons. The summed E-state index contributed by atoms with van der Waals surface area (Å²) in [5.41, 5.74) is 1.17. The van der Waals surface area contributed by atoms with Gasteiger partial charge < -0.3 is 25.2 Å². The Morgan fingerprint density at radius 1 is 1.05 bits per heavy atom. The molecule has 0 aliphatic carbocycles.